The van der Waals surface area contributed by atoms with Crippen molar-refractivity contribution in [2.24, 2.45) is 5.92 Å². The van der Waals surface area contributed by atoms with Crippen molar-refractivity contribution in [3.63, 3.8) is 0 Å². The van der Waals surface area contributed by atoms with Gasteiger partial charge < -0.3 is 30.7 Å². The van der Waals surface area contributed by atoms with Crippen molar-refractivity contribution in [2.75, 3.05) is 6.54 Å². The Balaban J connectivity index is 1.51. The number of carbonyl (C=O) groups excluding carboxylic acids is 4. The average Bonchev–Trinajstić information content (AvgIpc) is 3.38. The number of alkyl carbamates (subject to hydrolysis) is 1. The first kappa shape index (κ1) is 31.1. The van der Waals surface area contributed by atoms with Gasteiger partial charge >= 0.3 is 12.1 Å². The molecule has 11 heteroatoms. The maximum Gasteiger partial charge on any atom is 0.408 e. The molecule has 0 spiro atoms. The summed E-state index contributed by atoms with van der Waals surface area (Å²) in [5.74, 6) is -2.32. The number of benzene rings is 1. The molecule has 4 atom stereocenters. The first-order valence-corrected chi connectivity index (χ1v) is 14.8. The van der Waals surface area contributed by atoms with E-state index in [0.29, 0.717) is 37.8 Å². The molecule has 1 aromatic carbocycles. The number of rotatable bonds is 5. The summed E-state index contributed by atoms with van der Waals surface area (Å²) in [6.45, 7) is 5.75. The number of carbonyl (C=O) groups is 5. The fraction of sp³-hybridized carbons (Fsp3) is 0.581. The number of aromatic carboxylic acids is 1. The molecule has 4 rings (SSSR count). The fourth-order valence-electron chi connectivity index (χ4n) is 5.70. The van der Waals surface area contributed by atoms with Crippen LogP contribution < -0.4 is 16.0 Å². The van der Waals surface area contributed by atoms with Gasteiger partial charge in [0.15, 0.2) is 0 Å². The molecular formula is C31H42N4O7. The highest BCUT2D eigenvalue weighted by molar-refractivity contribution is 5.98. The molecule has 11 nitrogen and oxygen atoms in total. The topological polar surface area (TPSA) is 154 Å². The van der Waals surface area contributed by atoms with Crippen LogP contribution in [-0.4, -0.2) is 69.6 Å². The van der Waals surface area contributed by atoms with Crippen molar-refractivity contribution in [3.05, 3.63) is 47.5 Å². The molecule has 1 unspecified atom stereocenters. The van der Waals surface area contributed by atoms with E-state index in [9.17, 15) is 29.1 Å². The second kappa shape index (κ2) is 13.0. The smallest absolute Gasteiger partial charge is 0.408 e. The number of carboxylic acids is 1. The molecule has 2 aliphatic heterocycles. The Morgan fingerprint density at radius 1 is 1.12 bits per heavy atom. The molecule has 0 bridgehead atoms. The quantitative estimate of drug-likeness (QED) is 0.389. The lowest BCUT2D eigenvalue weighted by Crippen LogP contribution is -2.57. The molecule has 228 valence electrons. The van der Waals surface area contributed by atoms with E-state index in [1.54, 1.807) is 32.9 Å². The Morgan fingerprint density at radius 3 is 2.64 bits per heavy atom. The predicted octanol–water partition coefficient (Wildman–Crippen LogP) is 3.28. The highest BCUT2D eigenvalue weighted by Gasteiger charge is 2.60. The Bertz CT molecular complexity index is 1240. The van der Waals surface area contributed by atoms with Crippen molar-refractivity contribution in [2.45, 2.75) is 102 Å². The van der Waals surface area contributed by atoms with E-state index in [-0.39, 0.29) is 29.8 Å². The number of nitrogens with zero attached hydrogens (tertiary/aromatic N) is 1. The van der Waals surface area contributed by atoms with E-state index >= 15 is 0 Å². The Labute approximate surface area is 246 Å². The van der Waals surface area contributed by atoms with Crippen LogP contribution >= 0.6 is 0 Å². The maximum absolute atomic E-state index is 13.7. The van der Waals surface area contributed by atoms with Gasteiger partial charge in [-0.05, 0) is 77.0 Å². The van der Waals surface area contributed by atoms with Gasteiger partial charge in [-0.25, -0.2) is 9.59 Å². The van der Waals surface area contributed by atoms with Gasteiger partial charge in [0.05, 0.1) is 5.56 Å². The number of amides is 4. The largest absolute Gasteiger partial charge is 0.478 e. The molecule has 0 radical (unpaired) electrons. The lowest BCUT2D eigenvalue weighted by atomic mass is 10.0. The van der Waals surface area contributed by atoms with Crippen molar-refractivity contribution in [3.8, 4) is 0 Å². The van der Waals surface area contributed by atoms with E-state index in [2.05, 4.69) is 16.0 Å². The van der Waals surface area contributed by atoms with Crippen LogP contribution in [0.1, 0.15) is 88.1 Å². The van der Waals surface area contributed by atoms with Gasteiger partial charge in [0, 0.05) is 19.0 Å². The van der Waals surface area contributed by atoms with Crippen molar-refractivity contribution in [1.29, 1.82) is 0 Å². The number of fused-ring (bicyclic) bond motifs is 2. The van der Waals surface area contributed by atoms with Gasteiger partial charge in [-0.15, -0.1) is 0 Å². The Morgan fingerprint density at radius 2 is 1.90 bits per heavy atom. The fourth-order valence-corrected chi connectivity index (χ4v) is 5.70. The van der Waals surface area contributed by atoms with Crippen LogP contribution in [0, 0.1) is 5.92 Å². The Hall–Kier alpha value is -3.89. The van der Waals surface area contributed by atoms with Crippen molar-refractivity contribution in [1.82, 2.24) is 20.9 Å². The van der Waals surface area contributed by atoms with Crippen LogP contribution in [0.4, 0.5) is 4.79 Å². The molecule has 1 saturated carbocycles. The molecule has 2 heterocycles. The minimum atomic E-state index is -1.15. The molecule has 1 saturated heterocycles. The summed E-state index contributed by atoms with van der Waals surface area (Å²) < 4.78 is 5.40. The SMILES string of the molecule is CC(C)(C)OC(=O)N[C@H]1CCCCC/C=C\[C@@H]2C[C@@]2(C(=O)NCc2cccc(C(=O)O)c2)NC(=O)C2CCCN2C1=O. The van der Waals surface area contributed by atoms with E-state index < -0.39 is 41.2 Å². The minimum Gasteiger partial charge on any atom is -0.478 e. The average molecular weight is 583 g/mol. The normalized spacial score (nSPS) is 27.3. The van der Waals surface area contributed by atoms with Gasteiger partial charge in [-0.1, -0.05) is 37.1 Å². The number of carboxylic acid groups (broad SMARTS) is 1. The van der Waals surface area contributed by atoms with E-state index in [1.165, 1.54) is 17.0 Å². The van der Waals surface area contributed by atoms with Crippen molar-refractivity contribution >= 4 is 29.8 Å². The van der Waals surface area contributed by atoms with Gasteiger partial charge in [-0.3, -0.25) is 14.4 Å². The van der Waals surface area contributed by atoms with Crippen LogP contribution in [0.25, 0.3) is 0 Å². The zero-order valence-corrected chi connectivity index (χ0v) is 24.6. The Kier molecular flexibility index (Phi) is 9.58. The number of nitrogens with one attached hydrogen (secondary N) is 3. The highest BCUT2D eigenvalue weighted by Crippen LogP contribution is 2.45. The zero-order chi connectivity index (χ0) is 30.5. The summed E-state index contributed by atoms with van der Waals surface area (Å²) in [5, 5.41) is 17.9. The first-order valence-electron chi connectivity index (χ1n) is 14.8. The number of hydrogen-bond donors (Lipinski definition) is 4. The standard InChI is InChI=1S/C31H42N4O7/c1-30(2,3)42-29(41)33-23-14-8-6-4-5-7-13-22-18-31(22,34-25(36)24-15-10-16-35(24)26(23)37)28(40)32-19-20-11-9-12-21(17-20)27(38)39/h7,9,11-13,17,22-24H,4-6,8,10,14-16,18-19H2,1-3H3,(H,32,40)(H,33,41)(H,34,36)(H,38,39)/b13-7-/t22-,23+,24?,31-/m1/s1. The van der Waals surface area contributed by atoms with Gasteiger partial charge in [-0.2, -0.15) is 0 Å². The van der Waals surface area contributed by atoms with E-state index in [4.69, 9.17) is 4.74 Å². The van der Waals surface area contributed by atoms with Crippen LogP contribution in [0.5, 0.6) is 0 Å². The third kappa shape index (κ3) is 7.68. The lowest BCUT2D eigenvalue weighted by molar-refractivity contribution is -0.141. The maximum atomic E-state index is 13.7. The van der Waals surface area contributed by atoms with E-state index in [1.807, 2.05) is 12.2 Å². The first-order chi connectivity index (χ1) is 19.9. The van der Waals surface area contributed by atoms with Crippen LogP contribution in [0.2, 0.25) is 0 Å². The van der Waals surface area contributed by atoms with E-state index in [0.717, 1.165) is 25.7 Å². The molecule has 1 aliphatic carbocycles. The highest BCUT2D eigenvalue weighted by atomic mass is 16.6. The lowest BCUT2D eigenvalue weighted by Gasteiger charge is -2.30. The zero-order valence-electron chi connectivity index (χ0n) is 24.6. The summed E-state index contributed by atoms with van der Waals surface area (Å²) in [6.07, 6.45) is 8.55. The van der Waals surface area contributed by atoms with Crippen LogP contribution in [0.3, 0.4) is 0 Å². The third-order valence-corrected chi connectivity index (χ3v) is 7.95. The summed E-state index contributed by atoms with van der Waals surface area (Å²) in [5.41, 5.74) is -1.11. The van der Waals surface area contributed by atoms with Gasteiger partial charge in [0.2, 0.25) is 17.7 Å². The molecule has 4 N–H and O–H groups in total. The summed E-state index contributed by atoms with van der Waals surface area (Å²) in [4.78, 5) is 66.3. The molecule has 4 amide bonds. The second-order valence-corrected chi connectivity index (χ2v) is 12.4. The molecule has 2 fully saturated rings. The van der Waals surface area contributed by atoms with Crippen LogP contribution in [-0.2, 0) is 25.7 Å². The second-order valence-electron chi connectivity index (χ2n) is 12.4. The minimum absolute atomic E-state index is 0.111. The molecular weight excluding hydrogens is 540 g/mol. The summed E-state index contributed by atoms with van der Waals surface area (Å²) in [6, 6.07) is 4.76. The third-order valence-electron chi connectivity index (χ3n) is 7.95. The molecule has 0 aromatic heterocycles. The summed E-state index contributed by atoms with van der Waals surface area (Å²) >= 11 is 0. The molecule has 3 aliphatic rings. The number of allylic oxidation sites excluding steroid dienone is 1. The van der Waals surface area contributed by atoms with Gasteiger partial charge in [0.25, 0.3) is 0 Å². The van der Waals surface area contributed by atoms with Crippen molar-refractivity contribution < 1.29 is 33.8 Å². The predicted molar refractivity (Wildman–Crippen MR) is 154 cm³/mol. The van der Waals surface area contributed by atoms with Crippen LogP contribution in [0.15, 0.2) is 36.4 Å². The summed E-state index contributed by atoms with van der Waals surface area (Å²) in [7, 11) is 0. The number of ether oxygens (including phenoxy) is 1. The molecule has 42 heavy (non-hydrogen) atoms. The van der Waals surface area contributed by atoms with Gasteiger partial charge in [0.1, 0.15) is 23.2 Å². The molecule has 1 aromatic rings. The monoisotopic (exact) mass is 582 g/mol. The number of hydrogen-bond acceptors (Lipinski definition) is 6.